The van der Waals surface area contributed by atoms with Gasteiger partial charge in [-0.15, -0.1) is 0 Å². The number of carbonyl (C=O) groups is 1. The highest BCUT2D eigenvalue weighted by Gasteiger charge is 2.36. The molecule has 2 atom stereocenters. The van der Waals surface area contributed by atoms with Gasteiger partial charge in [-0.1, -0.05) is 0 Å². The van der Waals surface area contributed by atoms with Gasteiger partial charge in [-0.2, -0.15) is 0 Å². The zero-order valence-electron chi connectivity index (χ0n) is 11.7. The fourth-order valence-electron chi connectivity index (χ4n) is 1.94. The van der Waals surface area contributed by atoms with Gasteiger partial charge in [0.2, 0.25) is 5.91 Å². The minimum Gasteiger partial charge on any atom is -0.382 e. The van der Waals surface area contributed by atoms with Crippen molar-refractivity contribution in [1.29, 1.82) is 0 Å². The van der Waals surface area contributed by atoms with Crippen molar-refractivity contribution in [2.45, 2.75) is 57.2 Å². The van der Waals surface area contributed by atoms with Gasteiger partial charge in [0.1, 0.15) is 0 Å². The van der Waals surface area contributed by atoms with E-state index in [1.54, 1.807) is 7.11 Å². The molecule has 0 heterocycles. The van der Waals surface area contributed by atoms with Crippen molar-refractivity contribution in [2.75, 3.05) is 20.3 Å². The average molecular weight is 258 g/mol. The standard InChI is InChI=1S/C13H26N2O3/c1-10(9-17-3)18-8-4-7-13(2,12(14)16)15-11-5-6-11/h10-11,15H,4-9H2,1-3H3,(H2,14,16). The van der Waals surface area contributed by atoms with Gasteiger partial charge in [0, 0.05) is 19.8 Å². The predicted molar refractivity (Wildman–Crippen MR) is 70.3 cm³/mol. The summed E-state index contributed by atoms with van der Waals surface area (Å²) < 4.78 is 10.6. The molecule has 1 aliphatic carbocycles. The molecular weight excluding hydrogens is 232 g/mol. The minimum atomic E-state index is -0.602. The highest BCUT2D eigenvalue weighted by Crippen LogP contribution is 2.24. The van der Waals surface area contributed by atoms with Crippen molar-refractivity contribution in [3.63, 3.8) is 0 Å². The van der Waals surface area contributed by atoms with E-state index < -0.39 is 5.54 Å². The lowest BCUT2D eigenvalue weighted by Gasteiger charge is -2.27. The second-order valence-electron chi connectivity index (χ2n) is 5.36. The first kappa shape index (κ1) is 15.4. The monoisotopic (exact) mass is 258 g/mol. The molecule has 0 saturated heterocycles. The van der Waals surface area contributed by atoms with E-state index >= 15 is 0 Å². The number of hydrogen-bond acceptors (Lipinski definition) is 4. The summed E-state index contributed by atoms with van der Waals surface area (Å²) in [6, 6.07) is 0.468. The summed E-state index contributed by atoms with van der Waals surface area (Å²) in [6.45, 7) is 5.07. The number of nitrogens with one attached hydrogen (secondary N) is 1. The van der Waals surface area contributed by atoms with Gasteiger partial charge < -0.3 is 20.5 Å². The van der Waals surface area contributed by atoms with Gasteiger partial charge in [0.25, 0.3) is 0 Å². The molecule has 2 unspecified atom stereocenters. The molecule has 1 saturated carbocycles. The SMILES string of the molecule is COCC(C)OCCCC(C)(NC1CC1)C(N)=O. The third kappa shape index (κ3) is 5.33. The van der Waals surface area contributed by atoms with Gasteiger partial charge in [-0.05, 0) is 39.5 Å². The molecule has 5 heteroatoms. The van der Waals surface area contributed by atoms with E-state index in [0.717, 1.165) is 19.3 Å². The number of rotatable bonds is 10. The summed E-state index contributed by atoms with van der Waals surface area (Å²) in [4.78, 5) is 11.5. The number of methoxy groups -OCH3 is 1. The van der Waals surface area contributed by atoms with E-state index in [1.165, 1.54) is 0 Å². The second kappa shape index (κ2) is 7.07. The molecule has 106 valence electrons. The smallest absolute Gasteiger partial charge is 0.237 e. The first-order valence-electron chi connectivity index (χ1n) is 6.66. The van der Waals surface area contributed by atoms with Gasteiger partial charge in [-0.3, -0.25) is 4.79 Å². The van der Waals surface area contributed by atoms with Crippen LogP contribution in [0, 0.1) is 0 Å². The van der Waals surface area contributed by atoms with E-state index in [0.29, 0.717) is 25.7 Å². The number of primary amides is 1. The van der Waals surface area contributed by atoms with Crippen LogP contribution in [-0.4, -0.2) is 43.9 Å². The van der Waals surface area contributed by atoms with Crippen molar-refractivity contribution < 1.29 is 14.3 Å². The molecule has 0 spiro atoms. The van der Waals surface area contributed by atoms with Crippen molar-refractivity contribution in [2.24, 2.45) is 5.73 Å². The van der Waals surface area contributed by atoms with Crippen LogP contribution in [0.25, 0.3) is 0 Å². The number of carbonyl (C=O) groups excluding carboxylic acids is 1. The van der Waals surface area contributed by atoms with Crippen molar-refractivity contribution in [1.82, 2.24) is 5.32 Å². The van der Waals surface area contributed by atoms with Crippen molar-refractivity contribution in [3.05, 3.63) is 0 Å². The maximum Gasteiger partial charge on any atom is 0.237 e. The predicted octanol–water partition coefficient (Wildman–Crippen LogP) is 0.814. The van der Waals surface area contributed by atoms with Crippen LogP contribution in [0.4, 0.5) is 0 Å². The van der Waals surface area contributed by atoms with E-state index in [4.69, 9.17) is 15.2 Å². The third-order valence-electron chi connectivity index (χ3n) is 3.27. The molecule has 3 N–H and O–H groups in total. The van der Waals surface area contributed by atoms with Crippen LogP contribution in [0.15, 0.2) is 0 Å². The average Bonchev–Trinajstić information content (AvgIpc) is 3.08. The molecule has 1 aliphatic rings. The van der Waals surface area contributed by atoms with Crippen LogP contribution >= 0.6 is 0 Å². The van der Waals surface area contributed by atoms with Gasteiger partial charge in [0.15, 0.2) is 0 Å². The molecule has 0 aliphatic heterocycles. The topological polar surface area (TPSA) is 73.6 Å². The molecule has 0 bridgehead atoms. The Bertz CT molecular complexity index is 269. The van der Waals surface area contributed by atoms with Crippen molar-refractivity contribution in [3.8, 4) is 0 Å². The molecule has 1 amide bonds. The van der Waals surface area contributed by atoms with E-state index in [-0.39, 0.29) is 12.0 Å². The van der Waals surface area contributed by atoms with Gasteiger partial charge in [0.05, 0.1) is 18.2 Å². The Hall–Kier alpha value is -0.650. The summed E-state index contributed by atoms with van der Waals surface area (Å²) >= 11 is 0. The molecule has 18 heavy (non-hydrogen) atoms. The summed E-state index contributed by atoms with van der Waals surface area (Å²) in [7, 11) is 1.66. The summed E-state index contributed by atoms with van der Waals surface area (Å²) in [5, 5.41) is 3.33. The molecule has 0 radical (unpaired) electrons. The molecule has 0 aromatic heterocycles. The largest absolute Gasteiger partial charge is 0.382 e. The van der Waals surface area contributed by atoms with Crippen LogP contribution in [0.2, 0.25) is 0 Å². The first-order valence-corrected chi connectivity index (χ1v) is 6.66. The van der Waals surface area contributed by atoms with E-state index in [2.05, 4.69) is 5.32 Å². The molecular formula is C13H26N2O3. The van der Waals surface area contributed by atoms with Crippen LogP contribution in [0.3, 0.4) is 0 Å². The first-order chi connectivity index (χ1) is 8.48. The van der Waals surface area contributed by atoms with Gasteiger partial charge in [-0.25, -0.2) is 0 Å². The normalized spacial score (nSPS) is 20.4. The lowest BCUT2D eigenvalue weighted by molar-refractivity contribution is -0.124. The van der Waals surface area contributed by atoms with E-state index in [1.807, 2.05) is 13.8 Å². The third-order valence-corrected chi connectivity index (χ3v) is 3.27. The maximum absolute atomic E-state index is 11.5. The quantitative estimate of drug-likeness (QED) is 0.569. The Morgan fingerprint density at radius 1 is 1.56 bits per heavy atom. The highest BCUT2D eigenvalue weighted by molar-refractivity contribution is 5.84. The summed E-state index contributed by atoms with van der Waals surface area (Å²) in [5.41, 5.74) is 4.87. The van der Waals surface area contributed by atoms with E-state index in [9.17, 15) is 4.79 Å². The molecule has 1 rings (SSSR count). The zero-order valence-corrected chi connectivity index (χ0v) is 11.7. The summed E-state index contributed by atoms with van der Waals surface area (Å²) in [5.74, 6) is -0.278. The fourth-order valence-corrected chi connectivity index (χ4v) is 1.94. The number of amides is 1. The Morgan fingerprint density at radius 3 is 2.72 bits per heavy atom. The number of nitrogens with two attached hydrogens (primary N) is 1. The van der Waals surface area contributed by atoms with Gasteiger partial charge >= 0.3 is 0 Å². The lowest BCUT2D eigenvalue weighted by Crippen LogP contribution is -2.54. The van der Waals surface area contributed by atoms with Crippen LogP contribution in [0.1, 0.15) is 39.5 Å². The molecule has 5 nitrogen and oxygen atoms in total. The number of hydrogen-bond donors (Lipinski definition) is 2. The Morgan fingerprint density at radius 2 is 2.22 bits per heavy atom. The summed E-state index contributed by atoms with van der Waals surface area (Å²) in [6.07, 6.45) is 3.89. The second-order valence-corrected chi connectivity index (χ2v) is 5.36. The minimum absolute atomic E-state index is 0.0891. The van der Waals surface area contributed by atoms with Crippen molar-refractivity contribution >= 4 is 5.91 Å². The zero-order chi connectivity index (χ0) is 13.6. The fraction of sp³-hybridized carbons (Fsp3) is 0.923. The van der Waals surface area contributed by atoms with Crippen LogP contribution in [-0.2, 0) is 14.3 Å². The maximum atomic E-state index is 11.5. The molecule has 0 aromatic carbocycles. The molecule has 0 aromatic rings. The number of ether oxygens (including phenoxy) is 2. The Kier molecular flexibility index (Phi) is 6.05. The molecule has 1 fully saturated rings. The Balaban J connectivity index is 2.22. The van der Waals surface area contributed by atoms with Crippen LogP contribution in [0.5, 0.6) is 0 Å². The Labute approximate surface area is 109 Å². The van der Waals surface area contributed by atoms with Crippen LogP contribution < -0.4 is 11.1 Å². The lowest BCUT2D eigenvalue weighted by atomic mass is 9.95. The highest BCUT2D eigenvalue weighted by atomic mass is 16.5.